The molecule has 0 aliphatic rings. The Balaban J connectivity index is 4.09. The fourth-order valence-corrected chi connectivity index (χ4v) is 1.06. The summed E-state index contributed by atoms with van der Waals surface area (Å²) in [5.74, 6) is -1.38. The molecule has 0 aliphatic heterocycles. The van der Waals surface area contributed by atoms with Gasteiger partial charge >= 0.3 is 11.8 Å². The third kappa shape index (κ3) is 5.32. The molecule has 0 unspecified atom stereocenters. The Bertz CT molecular complexity index is 273. The summed E-state index contributed by atoms with van der Waals surface area (Å²) in [5, 5.41) is 10.5. The standard InChI is InChI=1S/C10H17N3O3/c1-3-13(7-8-16-4-2)10(15)9(14)12-6-5-11/h3-4,6-8H2,1-2H3,(H,12,14). The van der Waals surface area contributed by atoms with Crippen molar-refractivity contribution in [2.24, 2.45) is 0 Å². The number of nitrogens with zero attached hydrogens (tertiary/aromatic N) is 2. The molecule has 16 heavy (non-hydrogen) atoms. The average molecular weight is 227 g/mol. The van der Waals surface area contributed by atoms with Crippen molar-refractivity contribution >= 4 is 11.8 Å². The van der Waals surface area contributed by atoms with E-state index in [9.17, 15) is 9.59 Å². The highest BCUT2D eigenvalue weighted by atomic mass is 16.5. The Morgan fingerprint density at radius 1 is 1.44 bits per heavy atom. The maximum atomic E-state index is 11.5. The number of hydrogen-bond acceptors (Lipinski definition) is 4. The Hall–Kier alpha value is -1.61. The van der Waals surface area contributed by atoms with Gasteiger partial charge in [-0.05, 0) is 13.8 Å². The summed E-state index contributed by atoms with van der Waals surface area (Å²) < 4.78 is 5.10. The van der Waals surface area contributed by atoms with Crippen LogP contribution in [0.1, 0.15) is 13.8 Å². The smallest absolute Gasteiger partial charge is 0.311 e. The second kappa shape index (κ2) is 8.68. The summed E-state index contributed by atoms with van der Waals surface area (Å²) in [6.07, 6.45) is 0. The molecule has 0 aliphatic carbocycles. The second-order valence-electron chi connectivity index (χ2n) is 2.92. The van der Waals surface area contributed by atoms with Crippen molar-refractivity contribution in [3.8, 4) is 6.07 Å². The molecule has 0 aromatic carbocycles. The summed E-state index contributed by atoms with van der Waals surface area (Å²) in [4.78, 5) is 24.1. The van der Waals surface area contributed by atoms with Crippen molar-refractivity contribution in [2.45, 2.75) is 13.8 Å². The minimum absolute atomic E-state index is 0.159. The lowest BCUT2D eigenvalue weighted by Gasteiger charge is -2.19. The molecule has 0 aromatic rings. The van der Waals surface area contributed by atoms with Gasteiger partial charge in [-0.2, -0.15) is 5.26 Å². The van der Waals surface area contributed by atoms with Gasteiger partial charge in [0.25, 0.3) is 0 Å². The van der Waals surface area contributed by atoms with Crippen LogP contribution in [-0.4, -0.2) is 49.6 Å². The zero-order valence-corrected chi connectivity index (χ0v) is 9.65. The van der Waals surface area contributed by atoms with E-state index >= 15 is 0 Å². The predicted molar refractivity (Wildman–Crippen MR) is 57.4 cm³/mol. The third-order valence-corrected chi connectivity index (χ3v) is 1.90. The van der Waals surface area contributed by atoms with Gasteiger partial charge in [0.15, 0.2) is 0 Å². The number of likely N-dealkylation sites (N-methyl/N-ethyl adjacent to an activating group) is 1. The summed E-state index contributed by atoms with van der Waals surface area (Å²) in [5.41, 5.74) is 0. The lowest BCUT2D eigenvalue weighted by molar-refractivity contribution is -0.146. The van der Waals surface area contributed by atoms with E-state index in [1.165, 1.54) is 4.90 Å². The van der Waals surface area contributed by atoms with E-state index in [2.05, 4.69) is 5.32 Å². The normalized spacial score (nSPS) is 9.31. The summed E-state index contributed by atoms with van der Waals surface area (Å²) in [6.45, 7) is 5.27. The van der Waals surface area contributed by atoms with Crippen molar-refractivity contribution in [3.05, 3.63) is 0 Å². The van der Waals surface area contributed by atoms with Crippen LogP contribution in [0.15, 0.2) is 0 Å². The van der Waals surface area contributed by atoms with Crippen LogP contribution in [0.5, 0.6) is 0 Å². The van der Waals surface area contributed by atoms with E-state index in [-0.39, 0.29) is 6.54 Å². The van der Waals surface area contributed by atoms with Crippen LogP contribution in [0.2, 0.25) is 0 Å². The number of amides is 2. The van der Waals surface area contributed by atoms with Crippen LogP contribution in [-0.2, 0) is 14.3 Å². The number of hydrogen-bond donors (Lipinski definition) is 1. The number of rotatable bonds is 6. The molecular weight excluding hydrogens is 210 g/mol. The fourth-order valence-electron chi connectivity index (χ4n) is 1.06. The third-order valence-electron chi connectivity index (χ3n) is 1.90. The molecule has 0 spiro atoms. The Kier molecular flexibility index (Phi) is 7.81. The molecule has 0 radical (unpaired) electrons. The quantitative estimate of drug-likeness (QED) is 0.377. The van der Waals surface area contributed by atoms with Gasteiger partial charge in [-0.25, -0.2) is 0 Å². The Morgan fingerprint density at radius 2 is 2.12 bits per heavy atom. The van der Waals surface area contributed by atoms with Crippen LogP contribution in [0.25, 0.3) is 0 Å². The minimum Gasteiger partial charge on any atom is -0.380 e. The first-order valence-electron chi connectivity index (χ1n) is 5.19. The number of nitriles is 1. The first-order valence-corrected chi connectivity index (χ1v) is 5.19. The van der Waals surface area contributed by atoms with E-state index in [0.29, 0.717) is 26.3 Å². The van der Waals surface area contributed by atoms with Gasteiger partial charge in [-0.1, -0.05) is 0 Å². The molecular formula is C10H17N3O3. The van der Waals surface area contributed by atoms with Crippen molar-refractivity contribution in [2.75, 3.05) is 32.8 Å². The molecule has 0 fully saturated rings. The van der Waals surface area contributed by atoms with E-state index in [0.717, 1.165) is 0 Å². The molecule has 2 amide bonds. The van der Waals surface area contributed by atoms with Crippen molar-refractivity contribution in [1.82, 2.24) is 10.2 Å². The van der Waals surface area contributed by atoms with Crippen LogP contribution in [0.3, 0.4) is 0 Å². The molecule has 1 N–H and O–H groups in total. The first-order chi connectivity index (χ1) is 7.67. The average Bonchev–Trinajstić information content (AvgIpc) is 2.31. The van der Waals surface area contributed by atoms with Crippen LogP contribution in [0.4, 0.5) is 0 Å². The highest BCUT2D eigenvalue weighted by Crippen LogP contribution is 1.90. The summed E-state index contributed by atoms with van der Waals surface area (Å²) in [6, 6.07) is 1.74. The molecule has 90 valence electrons. The van der Waals surface area contributed by atoms with E-state index in [1.807, 2.05) is 6.92 Å². The highest BCUT2D eigenvalue weighted by molar-refractivity contribution is 6.35. The lowest BCUT2D eigenvalue weighted by Crippen LogP contribution is -2.44. The molecule has 0 atom stereocenters. The molecule has 0 heterocycles. The Morgan fingerprint density at radius 3 is 2.62 bits per heavy atom. The summed E-state index contributed by atoms with van der Waals surface area (Å²) in [7, 11) is 0. The van der Waals surface area contributed by atoms with Gasteiger partial charge in [0.1, 0.15) is 6.54 Å². The first kappa shape index (κ1) is 14.4. The number of carbonyl (C=O) groups is 2. The van der Waals surface area contributed by atoms with Gasteiger partial charge in [0.05, 0.1) is 12.7 Å². The van der Waals surface area contributed by atoms with Gasteiger partial charge < -0.3 is 15.0 Å². The van der Waals surface area contributed by atoms with E-state index in [4.69, 9.17) is 10.00 Å². The number of nitrogens with one attached hydrogen (secondary N) is 1. The number of ether oxygens (including phenoxy) is 1. The molecule has 0 rings (SSSR count). The molecule has 6 heteroatoms. The predicted octanol–water partition coefficient (Wildman–Crippen LogP) is -0.489. The van der Waals surface area contributed by atoms with Crippen LogP contribution in [0, 0.1) is 11.3 Å². The van der Waals surface area contributed by atoms with Crippen molar-refractivity contribution < 1.29 is 14.3 Å². The number of carbonyl (C=O) groups excluding carboxylic acids is 2. The topological polar surface area (TPSA) is 82.4 Å². The zero-order chi connectivity index (χ0) is 12.4. The van der Waals surface area contributed by atoms with Gasteiger partial charge in [0.2, 0.25) is 0 Å². The van der Waals surface area contributed by atoms with Gasteiger partial charge in [0, 0.05) is 19.7 Å². The maximum absolute atomic E-state index is 11.5. The fraction of sp³-hybridized carbons (Fsp3) is 0.700. The van der Waals surface area contributed by atoms with Gasteiger partial charge in [-0.15, -0.1) is 0 Å². The SMILES string of the molecule is CCOCCN(CC)C(=O)C(=O)NCC#N. The van der Waals surface area contributed by atoms with Crippen LogP contribution >= 0.6 is 0 Å². The lowest BCUT2D eigenvalue weighted by atomic mass is 10.4. The minimum atomic E-state index is -0.750. The Labute approximate surface area is 95.2 Å². The molecule has 6 nitrogen and oxygen atoms in total. The highest BCUT2D eigenvalue weighted by Gasteiger charge is 2.19. The second-order valence-corrected chi connectivity index (χ2v) is 2.92. The van der Waals surface area contributed by atoms with Crippen LogP contribution < -0.4 is 5.32 Å². The largest absolute Gasteiger partial charge is 0.380 e. The van der Waals surface area contributed by atoms with Gasteiger partial charge in [-0.3, -0.25) is 9.59 Å². The molecule has 0 aromatic heterocycles. The molecule has 0 bridgehead atoms. The monoisotopic (exact) mass is 227 g/mol. The van der Waals surface area contributed by atoms with Crippen molar-refractivity contribution in [1.29, 1.82) is 5.26 Å². The van der Waals surface area contributed by atoms with E-state index in [1.54, 1.807) is 13.0 Å². The molecule has 0 saturated carbocycles. The maximum Gasteiger partial charge on any atom is 0.311 e. The molecule has 0 saturated heterocycles. The van der Waals surface area contributed by atoms with E-state index < -0.39 is 11.8 Å². The zero-order valence-electron chi connectivity index (χ0n) is 9.65. The van der Waals surface area contributed by atoms with Crippen molar-refractivity contribution in [3.63, 3.8) is 0 Å². The summed E-state index contributed by atoms with van der Waals surface area (Å²) >= 11 is 0.